The van der Waals surface area contributed by atoms with Gasteiger partial charge in [-0.05, 0) is 38.0 Å². The molecular weight excluding hydrogens is 424 g/mol. The first kappa shape index (κ1) is 22.5. The Bertz CT molecular complexity index is 1010. The van der Waals surface area contributed by atoms with Gasteiger partial charge in [0.25, 0.3) is 0 Å². The van der Waals surface area contributed by atoms with Crippen LogP contribution in [0.5, 0.6) is 0 Å². The SMILES string of the molecule is Cc1ccc(C(=O)C2CCN(C(=O)CCNS(=O)(=O)c3cccc(Cl)c3)CC2)cc1. The third-order valence-electron chi connectivity index (χ3n) is 5.29. The lowest BCUT2D eigenvalue weighted by molar-refractivity contribution is -0.132. The summed E-state index contributed by atoms with van der Waals surface area (Å²) in [4.78, 5) is 26.9. The Morgan fingerprint density at radius 3 is 2.40 bits per heavy atom. The van der Waals surface area contributed by atoms with Crippen molar-refractivity contribution < 1.29 is 18.0 Å². The molecule has 1 aliphatic rings. The fourth-order valence-corrected chi connectivity index (χ4v) is 4.84. The van der Waals surface area contributed by atoms with Crippen LogP contribution < -0.4 is 4.72 Å². The number of aryl methyl sites for hydroxylation is 1. The number of sulfonamides is 1. The van der Waals surface area contributed by atoms with Crippen LogP contribution in [0.4, 0.5) is 0 Å². The molecule has 1 fully saturated rings. The van der Waals surface area contributed by atoms with Crippen molar-refractivity contribution in [3.8, 4) is 0 Å². The van der Waals surface area contributed by atoms with E-state index in [9.17, 15) is 18.0 Å². The molecule has 0 bridgehead atoms. The standard InChI is InChI=1S/C22H25ClN2O4S/c1-16-5-7-17(8-6-16)22(27)18-10-13-25(14-11-18)21(26)9-12-24-30(28,29)20-4-2-3-19(23)15-20/h2-8,15,18,24H,9-14H2,1H3. The maximum absolute atomic E-state index is 12.6. The van der Waals surface area contributed by atoms with Gasteiger partial charge in [-0.25, -0.2) is 13.1 Å². The van der Waals surface area contributed by atoms with E-state index in [-0.39, 0.29) is 35.5 Å². The second kappa shape index (κ2) is 9.73. The molecule has 0 aromatic heterocycles. The first-order valence-corrected chi connectivity index (χ1v) is 11.8. The summed E-state index contributed by atoms with van der Waals surface area (Å²) in [5, 5.41) is 0.331. The fraction of sp³-hybridized carbons (Fsp3) is 0.364. The molecule has 3 rings (SSSR count). The number of nitrogens with zero attached hydrogens (tertiary/aromatic N) is 1. The van der Waals surface area contributed by atoms with E-state index in [1.165, 1.54) is 12.1 Å². The molecule has 8 heteroatoms. The zero-order chi connectivity index (χ0) is 21.7. The van der Waals surface area contributed by atoms with Gasteiger partial charge in [0.05, 0.1) is 4.90 Å². The summed E-state index contributed by atoms with van der Waals surface area (Å²) in [6.45, 7) is 2.99. The Hall–Kier alpha value is -2.22. The Morgan fingerprint density at radius 2 is 1.77 bits per heavy atom. The predicted molar refractivity (Wildman–Crippen MR) is 116 cm³/mol. The van der Waals surface area contributed by atoms with E-state index in [1.807, 2.05) is 31.2 Å². The zero-order valence-corrected chi connectivity index (χ0v) is 18.4. The molecule has 2 aromatic carbocycles. The van der Waals surface area contributed by atoms with Crippen molar-refractivity contribution >= 4 is 33.3 Å². The third-order valence-corrected chi connectivity index (χ3v) is 6.99. The molecule has 2 aromatic rings. The van der Waals surface area contributed by atoms with Crippen molar-refractivity contribution in [2.24, 2.45) is 5.92 Å². The number of Topliss-reactive ketones (excluding diaryl/α,β-unsaturated/α-hetero) is 1. The van der Waals surface area contributed by atoms with Crippen molar-refractivity contribution in [1.82, 2.24) is 9.62 Å². The highest BCUT2D eigenvalue weighted by Gasteiger charge is 2.28. The second-order valence-electron chi connectivity index (χ2n) is 7.49. The highest BCUT2D eigenvalue weighted by atomic mass is 35.5. The molecule has 30 heavy (non-hydrogen) atoms. The largest absolute Gasteiger partial charge is 0.343 e. The van der Waals surface area contributed by atoms with Gasteiger partial charge < -0.3 is 4.90 Å². The maximum atomic E-state index is 12.6. The lowest BCUT2D eigenvalue weighted by atomic mass is 9.88. The van der Waals surface area contributed by atoms with Crippen molar-refractivity contribution in [2.45, 2.75) is 31.1 Å². The van der Waals surface area contributed by atoms with Crippen LogP contribution >= 0.6 is 11.6 Å². The number of hydrogen-bond acceptors (Lipinski definition) is 4. The zero-order valence-electron chi connectivity index (χ0n) is 16.8. The number of piperidine rings is 1. The van der Waals surface area contributed by atoms with Crippen LogP contribution in [0.2, 0.25) is 5.02 Å². The van der Waals surface area contributed by atoms with Crippen LogP contribution in [-0.4, -0.2) is 44.6 Å². The van der Waals surface area contributed by atoms with E-state index >= 15 is 0 Å². The lowest BCUT2D eigenvalue weighted by Crippen LogP contribution is -2.41. The number of ketones is 1. The number of nitrogens with one attached hydrogen (secondary N) is 1. The van der Waals surface area contributed by atoms with Gasteiger partial charge in [0.15, 0.2) is 5.78 Å². The van der Waals surface area contributed by atoms with Crippen molar-refractivity contribution in [3.05, 3.63) is 64.7 Å². The van der Waals surface area contributed by atoms with E-state index in [0.29, 0.717) is 36.5 Å². The topological polar surface area (TPSA) is 83.6 Å². The molecule has 1 heterocycles. The number of carbonyl (C=O) groups excluding carboxylic acids is 2. The summed E-state index contributed by atoms with van der Waals surface area (Å²) in [7, 11) is -3.71. The molecule has 0 saturated carbocycles. The van der Waals surface area contributed by atoms with Crippen LogP contribution in [0.1, 0.15) is 35.2 Å². The van der Waals surface area contributed by atoms with Gasteiger partial charge in [-0.15, -0.1) is 0 Å². The monoisotopic (exact) mass is 448 g/mol. The van der Waals surface area contributed by atoms with Gasteiger partial charge in [0, 0.05) is 42.6 Å². The minimum absolute atomic E-state index is 0.00983. The molecule has 0 aliphatic carbocycles. The van der Waals surface area contributed by atoms with Crippen LogP contribution in [0, 0.1) is 12.8 Å². The Balaban J connectivity index is 1.46. The molecule has 1 saturated heterocycles. The molecule has 0 radical (unpaired) electrons. The van der Waals surface area contributed by atoms with Gasteiger partial charge in [-0.3, -0.25) is 9.59 Å². The van der Waals surface area contributed by atoms with Gasteiger partial charge >= 0.3 is 0 Å². The second-order valence-corrected chi connectivity index (χ2v) is 9.69. The first-order chi connectivity index (χ1) is 14.3. The molecule has 1 aliphatic heterocycles. The maximum Gasteiger partial charge on any atom is 0.240 e. The van der Waals surface area contributed by atoms with Crippen LogP contribution in [0.15, 0.2) is 53.4 Å². The summed E-state index contributed by atoms with van der Waals surface area (Å²) >= 11 is 5.84. The normalized spacial score (nSPS) is 15.2. The minimum Gasteiger partial charge on any atom is -0.343 e. The number of halogens is 1. The summed E-state index contributed by atoms with van der Waals surface area (Å²) in [6.07, 6.45) is 1.30. The van der Waals surface area contributed by atoms with E-state index in [2.05, 4.69) is 4.72 Å². The lowest BCUT2D eigenvalue weighted by Gasteiger charge is -2.31. The number of benzene rings is 2. The number of amides is 1. The summed E-state index contributed by atoms with van der Waals surface area (Å²) in [5.41, 5.74) is 1.82. The quantitative estimate of drug-likeness (QED) is 0.657. The molecule has 1 N–H and O–H groups in total. The molecule has 1 amide bonds. The van der Waals surface area contributed by atoms with E-state index in [4.69, 9.17) is 11.6 Å². The van der Waals surface area contributed by atoms with Gasteiger partial charge in [-0.1, -0.05) is 47.5 Å². The number of carbonyl (C=O) groups is 2. The van der Waals surface area contributed by atoms with Crippen LogP contribution in [-0.2, 0) is 14.8 Å². The number of likely N-dealkylation sites (tertiary alicyclic amines) is 1. The molecule has 0 atom stereocenters. The average molecular weight is 449 g/mol. The Kier molecular flexibility index (Phi) is 7.28. The summed E-state index contributed by atoms with van der Waals surface area (Å²) in [6, 6.07) is 13.5. The van der Waals surface area contributed by atoms with E-state index < -0.39 is 10.0 Å². The molecule has 0 spiro atoms. The van der Waals surface area contributed by atoms with Gasteiger partial charge in [-0.2, -0.15) is 0 Å². The Morgan fingerprint density at radius 1 is 1.10 bits per heavy atom. The summed E-state index contributed by atoms with van der Waals surface area (Å²) in [5.74, 6) is -0.0838. The van der Waals surface area contributed by atoms with Crippen molar-refractivity contribution in [3.63, 3.8) is 0 Å². The van der Waals surface area contributed by atoms with E-state index in [0.717, 1.165) is 5.56 Å². The minimum atomic E-state index is -3.71. The smallest absolute Gasteiger partial charge is 0.240 e. The molecule has 160 valence electrons. The number of rotatable bonds is 7. The molecule has 0 unspecified atom stereocenters. The third kappa shape index (κ3) is 5.68. The predicted octanol–water partition coefficient (Wildman–Crippen LogP) is 3.44. The highest BCUT2D eigenvalue weighted by molar-refractivity contribution is 7.89. The molecule has 6 nitrogen and oxygen atoms in total. The summed E-state index contributed by atoms with van der Waals surface area (Å²) < 4.78 is 27.0. The van der Waals surface area contributed by atoms with Gasteiger partial charge in [0.1, 0.15) is 0 Å². The Labute approximate surface area is 182 Å². The average Bonchev–Trinajstić information content (AvgIpc) is 2.74. The van der Waals surface area contributed by atoms with Crippen molar-refractivity contribution in [2.75, 3.05) is 19.6 Å². The van der Waals surface area contributed by atoms with Crippen molar-refractivity contribution in [1.29, 1.82) is 0 Å². The van der Waals surface area contributed by atoms with Crippen LogP contribution in [0.25, 0.3) is 0 Å². The van der Waals surface area contributed by atoms with Gasteiger partial charge in [0.2, 0.25) is 15.9 Å². The van der Waals surface area contributed by atoms with E-state index in [1.54, 1.807) is 17.0 Å². The first-order valence-electron chi connectivity index (χ1n) is 9.90. The number of hydrogen-bond donors (Lipinski definition) is 1. The fourth-order valence-electron chi connectivity index (χ4n) is 3.51. The molecular formula is C22H25ClN2O4S. The highest BCUT2D eigenvalue weighted by Crippen LogP contribution is 2.22. The van der Waals surface area contributed by atoms with Crippen LogP contribution in [0.3, 0.4) is 0 Å².